The van der Waals surface area contributed by atoms with Crippen molar-refractivity contribution in [1.29, 1.82) is 0 Å². The van der Waals surface area contributed by atoms with E-state index in [-0.39, 0.29) is 0 Å². The number of carbonyl (C=O) groups is 1. The molecule has 0 saturated heterocycles. The number of hydrogen-bond donors (Lipinski definition) is 0. The van der Waals surface area contributed by atoms with Crippen LogP contribution in [0.5, 0.6) is 5.75 Å². The normalized spacial score (nSPS) is 13.8. The van der Waals surface area contributed by atoms with E-state index in [2.05, 4.69) is 4.98 Å². The van der Waals surface area contributed by atoms with E-state index in [4.69, 9.17) is 9.47 Å². The fourth-order valence-corrected chi connectivity index (χ4v) is 2.06. The summed E-state index contributed by atoms with van der Waals surface area (Å²) >= 11 is 0. The Morgan fingerprint density at radius 3 is 2.75 bits per heavy atom. The number of hydrogen-bond acceptors (Lipinski definition) is 4. The first kappa shape index (κ1) is 12.7. The van der Waals surface area contributed by atoms with Gasteiger partial charge in [0, 0.05) is 23.5 Å². The lowest BCUT2D eigenvalue weighted by Gasteiger charge is -2.13. The van der Waals surface area contributed by atoms with Gasteiger partial charge in [-0.25, -0.2) is 4.79 Å². The number of nitrogens with zero attached hydrogens (tertiary/aromatic N) is 1. The Morgan fingerprint density at radius 1 is 1.20 bits per heavy atom. The first-order valence-corrected chi connectivity index (χ1v) is 6.58. The van der Waals surface area contributed by atoms with Gasteiger partial charge >= 0.3 is 5.97 Å². The minimum atomic E-state index is -0.394. The Kier molecular flexibility index (Phi) is 3.37. The topological polar surface area (TPSA) is 48.4 Å². The molecule has 0 spiro atoms. The molecule has 1 aliphatic rings. The summed E-state index contributed by atoms with van der Waals surface area (Å²) in [6, 6.07) is 9.53. The molecule has 0 aliphatic heterocycles. The van der Waals surface area contributed by atoms with Gasteiger partial charge in [-0.1, -0.05) is 18.2 Å². The molecule has 0 amide bonds. The number of carbonyl (C=O) groups excluding carboxylic acids is 1. The minimum Gasteiger partial charge on any atom is -0.490 e. The lowest BCUT2D eigenvalue weighted by Crippen LogP contribution is -2.05. The molecule has 1 aromatic carbocycles. The molecule has 1 aliphatic carbocycles. The second-order valence-electron chi connectivity index (χ2n) is 4.73. The summed E-state index contributed by atoms with van der Waals surface area (Å²) < 4.78 is 10.7. The molecule has 4 nitrogen and oxygen atoms in total. The van der Waals surface area contributed by atoms with Crippen LogP contribution in [0.1, 0.15) is 23.2 Å². The van der Waals surface area contributed by atoms with E-state index in [9.17, 15) is 4.79 Å². The fourth-order valence-electron chi connectivity index (χ4n) is 2.06. The monoisotopic (exact) mass is 269 g/mol. The summed E-state index contributed by atoms with van der Waals surface area (Å²) in [5.74, 6) is 0.403. The van der Waals surface area contributed by atoms with Crippen molar-refractivity contribution in [3.05, 3.63) is 48.3 Å². The standard InChI is InChI=1S/C16H15NO3/c1-19-16(18)14-10-17-9-8-12(14)13-4-2-3-5-15(13)20-11-6-7-11/h2-5,8-11H,6-7H2,1H3. The third kappa shape index (κ3) is 2.50. The smallest absolute Gasteiger partial charge is 0.340 e. The molecular formula is C16H15NO3. The number of esters is 1. The molecule has 20 heavy (non-hydrogen) atoms. The Labute approximate surface area is 117 Å². The van der Waals surface area contributed by atoms with Crippen LogP contribution in [0, 0.1) is 0 Å². The highest BCUT2D eigenvalue weighted by Gasteiger charge is 2.25. The van der Waals surface area contributed by atoms with Crippen LogP contribution in [-0.2, 0) is 4.74 Å². The quantitative estimate of drug-likeness (QED) is 0.800. The van der Waals surface area contributed by atoms with Crippen LogP contribution < -0.4 is 4.74 Å². The zero-order valence-electron chi connectivity index (χ0n) is 11.2. The van der Waals surface area contributed by atoms with Crippen molar-refractivity contribution in [2.45, 2.75) is 18.9 Å². The van der Waals surface area contributed by atoms with Crippen molar-refractivity contribution in [3.63, 3.8) is 0 Å². The van der Waals surface area contributed by atoms with E-state index < -0.39 is 5.97 Å². The van der Waals surface area contributed by atoms with Gasteiger partial charge in [0.1, 0.15) is 5.75 Å². The predicted octanol–water partition coefficient (Wildman–Crippen LogP) is 3.08. The number of rotatable bonds is 4. The van der Waals surface area contributed by atoms with E-state index in [0.29, 0.717) is 11.7 Å². The number of pyridine rings is 1. The van der Waals surface area contributed by atoms with Crippen LogP contribution in [0.3, 0.4) is 0 Å². The zero-order chi connectivity index (χ0) is 13.9. The van der Waals surface area contributed by atoms with Crippen molar-refractivity contribution in [3.8, 4) is 16.9 Å². The van der Waals surface area contributed by atoms with Gasteiger partial charge in [-0.05, 0) is 25.0 Å². The minimum absolute atomic E-state index is 0.305. The average molecular weight is 269 g/mol. The molecule has 3 rings (SSSR count). The number of aromatic nitrogens is 1. The molecule has 1 saturated carbocycles. The van der Waals surface area contributed by atoms with E-state index in [1.54, 1.807) is 12.3 Å². The first-order chi connectivity index (χ1) is 9.79. The van der Waals surface area contributed by atoms with Crippen molar-refractivity contribution in [2.24, 2.45) is 0 Å². The van der Waals surface area contributed by atoms with Gasteiger partial charge in [-0.2, -0.15) is 0 Å². The second-order valence-corrected chi connectivity index (χ2v) is 4.73. The van der Waals surface area contributed by atoms with E-state index >= 15 is 0 Å². The number of para-hydroxylation sites is 1. The second kappa shape index (κ2) is 5.33. The summed E-state index contributed by atoms with van der Waals surface area (Å²) in [6.45, 7) is 0. The molecule has 0 radical (unpaired) electrons. The Morgan fingerprint density at radius 2 is 2.00 bits per heavy atom. The molecule has 2 aromatic rings. The van der Waals surface area contributed by atoms with Crippen molar-refractivity contribution in [2.75, 3.05) is 7.11 Å². The average Bonchev–Trinajstić information content (AvgIpc) is 3.31. The molecule has 1 aromatic heterocycles. The molecular weight excluding hydrogens is 254 g/mol. The Bertz CT molecular complexity index is 635. The maximum Gasteiger partial charge on any atom is 0.340 e. The summed E-state index contributed by atoms with van der Waals surface area (Å²) in [5.41, 5.74) is 2.12. The van der Waals surface area contributed by atoms with E-state index in [0.717, 1.165) is 29.7 Å². The van der Waals surface area contributed by atoms with Gasteiger partial charge in [0.25, 0.3) is 0 Å². The van der Waals surface area contributed by atoms with Crippen LogP contribution in [0.15, 0.2) is 42.7 Å². The predicted molar refractivity (Wildman–Crippen MR) is 74.7 cm³/mol. The van der Waals surface area contributed by atoms with E-state index in [1.165, 1.54) is 13.3 Å². The summed E-state index contributed by atoms with van der Waals surface area (Å²) in [6.07, 6.45) is 5.67. The molecule has 1 heterocycles. The molecule has 0 N–H and O–H groups in total. The SMILES string of the molecule is COC(=O)c1cnccc1-c1ccccc1OC1CC1. The maximum absolute atomic E-state index is 11.9. The highest BCUT2D eigenvalue weighted by molar-refractivity contribution is 5.97. The third-order valence-electron chi connectivity index (χ3n) is 3.22. The highest BCUT2D eigenvalue weighted by atomic mass is 16.5. The first-order valence-electron chi connectivity index (χ1n) is 6.58. The molecule has 0 unspecified atom stereocenters. The van der Waals surface area contributed by atoms with Crippen LogP contribution in [0.25, 0.3) is 11.1 Å². The summed E-state index contributed by atoms with van der Waals surface area (Å²) in [7, 11) is 1.37. The molecule has 1 fully saturated rings. The largest absolute Gasteiger partial charge is 0.490 e. The van der Waals surface area contributed by atoms with Crippen LogP contribution in [0.2, 0.25) is 0 Å². The van der Waals surface area contributed by atoms with Crippen LogP contribution in [-0.4, -0.2) is 24.2 Å². The number of methoxy groups -OCH3 is 1. The van der Waals surface area contributed by atoms with Crippen molar-refractivity contribution < 1.29 is 14.3 Å². The van der Waals surface area contributed by atoms with Crippen LogP contribution >= 0.6 is 0 Å². The Hall–Kier alpha value is -2.36. The van der Waals surface area contributed by atoms with E-state index in [1.807, 2.05) is 24.3 Å². The number of benzene rings is 1. The molecule has 0 bridgehead atoms. The van der Waals surface area contributed by atoms with Gasteiger partial charge in [0.15, 0.2) is 0 Å². The molecule has 4 heteroatoms. The third-order valence-corrected chi connectivity index (χ3v) is 3.22. The van der Waals surface area contributed by atoms with Crippen LogP contribution in [0.4, 0.5) is 0 Å². The van der Waals surface area contributed by atoms with Gasteiger partial charge in [0.2, 0.25) is 0 Å². The van der Waals surface area contributed by atoms with Gasteiger partial charge in [-0.15, -0.1) is 0 Å². The number of ether oxygens (including phenoxy) is 2. The van der Waals surface area contributed by atoms with Gasteiger partial charge in [-0.3, -0.25) is 4.98 Å². The maximum atomic E-state index is 11.9. The highest BCUT2D eigenvalue weighted by Crippen LogP contribution is 2.36. The summed E-state index contributed by atoms with van der Waals surface area (Å²) in [5, 5.41) is 0. The summed E-state index contributed by atoms with van der Waals surface area (Å²) in [4.78, 5) is 15.9. The lowest BCUT2D eigenvalue weighted by atomic mass is 10.0. The Balaban J connectivity index is 2.06. The lowest BCUT2D eigenvalue weighted by molar-refractivity contribution is 0.0601. The molecule has 102 valence electrons. The molecule has 0 atom stereocenters. The van der Waals surface area contributed by atoms with Crippen molar-refractivity contribution in [1.82, 2.24) is 4.98 Å². The van der Waals surface area contributed by atoms with Gasteiger partial charge in [0.05, 0.1) is 18.8 Å². The van der Waals surface area contributed by atoms with Gasteiger partial charge < -0.3 is 9.47 Å². The zero-order valence-corrected chi connectivity index (χ0v) is 11.2. The fraction of sp³-hybridized carbons (Fsp3) is 0.250. The van der Waals surface area contributed by atoms with Crippen molar-refractivity contribution >= 4 is 5.97 Å².